The van der Waals surface area contributed by atoms with Crippen molar-refractivity contribution in [3.8, 4) is 0 Å². The van der Waals surface area contributed by atoms with Gasteiger partial charge in [0.25, 0.3) is 9.05 Å². The number of hydrogen-bond donors (Lipinski definition) is 0. The van der Waals surface area contributed by atoms with E-state index in [4.69, 9.17) is 15.4 Å². The van der Waals surface area contributed by atoms with Crippen LogP contribution in [0.15, 0.2) is 23.1 Å². The van der Waals surface area contributed by atoms with Gasteiger partial charge in [0.2, 0.25) is 0 Å². The van der Waals surface area contributed by atoms with Crippen LogP contribution in [0, 0.1) is 5.92 Å². The normalized spacial score (nSPS) is 13.3. The lowest BCUT2D eigenvalue weighted by Crippen LogP contribution is -2.20. The Labute approximate surface area is 124 Å². The number of carbonyl (C=O) groups excluding carboxylic acids is 1. The second kappa shape index (κ2) is 6.59. The summed E-state index contributed by atoms with van der Waals surface area (Å²) in [4.78, 5) is 11.9. The standard InChI is InChI=1S/C14H19ClO4S/c1-5-11-6-7-12(8-13(11)20(15,17)18)14(16)19-10(4)9(2)3/h6-10H,5H2,1-4H3. The number of halogens is 1. The Kier molecular flexibility index (Phi) is 5.59. The van der Waals surface area contributed by atoms with Crippen molar-refractivity contribution in [1.82, 2.24) is 0 Å². The van der Waals surface area contributed by atoms with Crippen molar-refractivity contribution in [2.45, 2.75) is 45.1 Å². The molecule has 0 aromatic heterocycles. The van der Waals surface area contributed by atoms with Crippen molar-refractivity contribution in [3.63, 3.8) is 0 Å². The Morgan fingerprint density at radius 2 is 1.90 bits per heavy atom. The first-order valence-corrected chi connectivity index (χ1v) is 8.76. The van der Waals surface area contributed by atoms with Gasteiger partial charge in [0.15, 0.2) is 0 Å². The molecule has 1 aromatic rings. The Morgan fingerprint density at radius 3 is 2.35 bits per heavy atom. The molecule has 1 aromatic carbocycles. The third-order valence-electron chi connectivity index (χ3n) is 3.18. The lowest BCUT2D eigenvalue weighted by Gasteiger charge is -2.17. The number of ether oxygens (including phenoxy) is 1. The van der Waals surface area contributed by atoms with Gasteiger partial charge < -0.3 is 4.74 Å². The van der Waals surface area contributed by atoms with E-state index in [0.717, 1.165) is 0 Å². The molecule has 0 aliphatic heterocycles. The maximum absolute atomic E-state index is 12.0. The van der Waals surface area contributed by atoms with Gasteiger partial charge in [-0.2, -0.15) is 0 Å². The van der Waals surface area contributed by atoms with Gasteiger partial charge >= 0.3 is 5.97 Å². The Balaban J connectivity index is 3.13. The molecule has 1 rings (SSSR count). The maximum atomic E-state index is 12.0. The number of hydrogen-bond acceptors (Lipinski definition) is 4. The number of rotatable bonds is 5. The Morgan fingerprint density at radius 1 is 1.30 bits per heavy atom. The lowest BCUT2D eigenvalue weighted by molar-refractivity contribution is 0.0237. The predicted molar refractivity (Wildman–Crippen MR) is 78.6 cm³/mol. The summed E-state index contributed by atoms with van der Waals surface area (Å²) in [6, 6.07) is 4.42. The van der Waals surface area contributed by atoms with E-state index in [-0.39, 0.29) is 22.5 Å². The lowest BCUT2D eigenvalue weighted by atomic mass is 10.1. The summed E-state index contributed by atoms with van der Waals surface area (Å²) in [6.45, 7) is 7.49. The van der Waals surface area contributed by atoms with Crippen LogP contribution in [0.3, 0.4) is 0 Å². The van der Waals surface area contributed by atoms with E-state index in [0.29, 0.717) is 12.0 Å². The largest absolute Gasteiger partial charge is 0.459 e. The highest BCUT2D eigenvalue weighted by Gasteiger charge is 2.20. The van der Waals surface area contributed by atoms with Crippen molar-refractivity contribution in [3.05, 3.63) is 29.3 Å². The van der Waals surface area contributed by atoms with E-state index < -0.39 is 15.0 Å². The molecule has 1 unspecified atom stereocenters. The molecular formula is C14H19ClO4S. The van der Waals surface area contributed by atoms with Gasteiger partial charge in [0.05, 0.1) is 10.5 Å². The molecule has 0 saturated carbocycles. The summed E-state index contributed by atoms with van der Waals surface area (Å²) in [5, 5.41) is 0. The van der Waals surface area contributed by atoms with Crippen molar-refractivity contribution in [2.24, 2.45) is 5.92 Å². The summed E-state index contributed by atoms with van der Waals surface area (Å²) >= 11 is 0. The summed E-state index contributed by atoms with van der Waals surface area (Å²) in [6.07, 6.45) is 0.267. The van der Waals surface area contributed by atoms with Gasteiger partial charge in [-0.25, -0.2) is 13.2 Å². The van der Waals surface area contributed by atoms with Gasteiger partial charge in [-0.3, -0.25) is 0 Å². The zero-order valence-electron chi connectivity index (χ0n) is 12.0. The van der Waals surface area contributed by atoms with Crippen LogP contribution >= 0.6 is 10.7 Å². The zero-order chi connectivity index (χ0) is 15.5. The topological polar surface area (TPSA) is 60.4 Å². The minimum atomic E-state index is -3.88. The highest BCUT2D eigenvalue weighted by atomic mass is 35.7. The fraction of sp³-hybridized carbons (Fsp3) is 0.500. The molecule has 0 heterocycles. The van der Waals surface area contributed by atoms with Gasteiger partial charge in [0, 0.05) is 10.7 Å². The molecule has 0 amide bonds. The molecule has 0 radical (unpaired) electrons. The first-order chi connectivity index (χ1) is 9.16. The number of carbonyl (C=O) groups is 1. The SMILES string of the molecule is CCc1ccc(C(=O)OC(C)C(C)C)cc1S(=O)(=O)Cl. The first kappa shape index (κ1) is 17.0. The molecule has 6 heteroatoms. The molecule has 0 aliphatic carbocycles. The summed E-state index contributed by atoms with van der Waals surface area (Å²) in [7, 11) is 1.51. The fourth-order valence-corrected chi connectivity index (χ4v) is 2.80. The minimum Gasteiger partial charge on any atom is -0.459 e. The van der Waals surface area contributed by atoms with Crippen LogP contribution in [-0.2, 0) is 20.2 Å². The molecule has 0 N–H and O–H groups in total. The Hall–Kier alpha value is -1.07. The molecule has 0 spiro atoms. The van der Waals surface area contributed by atoms with Crippen LogP contribution in [0.25, 0.3) is 0 Å². The zero-order valence-corrected chi connectivity index (χ0v) is 13.6. The smallest absolute Gasteiger partial charge is 0.338 e. The third-order valence-corrected chi connectivity index (χ3v) is 4.58. The van der Waals surface area contributed by atoms with Crippen LogP contribution in [-0.4, -0.2) is 20.5 Å². The monoisotopic (exact) mass is 318 g/mol. The summed E-state index contributed by atoms with van der Waals surface area (Å²) < 4.78 is 28.3. The van der Waals surface area contributed by atoms with Gasteiger partial charge in [-0.15, -0.1) is 0 Å². The van der Waals surface area contributed by atoms with Crippen LogP contribution < -0.4 is 0 Å². The second-order valence-electron chi connectivity index (χ2n) is 4.97. The summed E-state index contributed by atoms with van der Waals surface area (Å²) in [5.41, 5.74) is 0.766. The van der Waals surface area contributed by atoms with Crippen LogP contribution in [0.2, 0.25) is 0 Å². The average Bonchev–Trinajstić information content (AvgIpc) is 2.36. The van der Waals surface area contributed by atoms with Crippen molar-refractivity contribution in [1.29, 1.82) is 0 Å². The molecule has 20 heavy (non-hydrogen) atoms. The maximum Gasteiger partial charge on any atom is 0.338 e. The molecule has 1 atom stereocenters. The van der Waals surface area contributed by atoms with Crippen LogP contribution in [0.1, 0.15) is 43.6 Å². The highest BCUT2D eigenvalue weighted by Crippen LogP contribution is 2.23. The van der Waals surface area contributed by atoms with Gasteiger partial charge in [-0.1, -0.05) is 26.8 Å². The molecule has 0 aliphatic rings. The number of esters is 1. The van der Waals surface area contributed by atoms with E-state index in [1.807, 2.05) is 20.8 Å². The molecular weight excluding hydrogens is 300 g/mol. The number of aryl methyl sites for hydroxylation is 1. The Bertz CT molecular complexity index is 593. The van der Waals surface area contributed by atoms with Crippen molar-refractivity contribution < 1.29 is 17.9 Å². The van der Waals surface area contributed by atoms with E-state index >= 15 is 0 Å². The number of benzene rings is 1. The van der Waals surface area contributed by atoms with Crippen LogP contribution in [0.5, 0.6) is 0 Å². The molecule has 4 nitrogen and oxygen atoms in total. The van der Waals surface area contributed by atoms with Crippen LogP contribution in [0.4, 0.5) is 0 Å². The van der Waals surface area contributed by atoms with Gasteiger partial charge in [0.1, 0.15) is 6.10 Å². The average molecular weight is 319 g/mol. The quantitative estimate of drug-likeness (QED) is 0.617. The van der Waals surface area contributed by atoms with E-state index in [2.05, 4.69) is 0 Å². The van der Waals surface area contributed by atoms with E-state index in [9.17, 15) is 13.2 Å². The predicted octanol–water partition coefficient (Wildman–Crippen LogP) is 3.38. The third kappa shape index (κ3) is 4.21. The van der Waals surface area contributed by atoms with Gasteiger partial charge in [-0.05, 0) is 37.0 Å². The molecule has 0 bridgehead atoms. The van der Waals surface area contributed by atoms with Crippen molar-refractivity contribution >= 4 is 25.7 Å². The molecule has 112 valence electrons. The highest BCUT2D eigenvalue weighted by molar-refractivity contribution is 8.13. The molecule has 0 fully saturated rings. The van der Waals surface area contributed by atoms with E-state index in [1.54, 1.807) is 19.1 Å². The summed E-state index contributed by atoms with van der Waals surface area (Å²) in [5.74, 6) is -0.361. The molecule has 0 saturated heterocycles. The second-order valence-corrected chi connectivity index (χ2v) is 7.50. The van der Waals surface area contributed by atoms with E-state index in [1.165, 1.54) is 6.07 Å². The minimum absolute atomic E-state index is 0.0340. The fourth-order valence-electron chi connectivity index (χ4n) is 1.57. The first-order valence-electron chi connectivity index (χ1n) is 6.45. The van der Waals surface area contributed by atoms with Crippen molar-refractivity contribution in [2.75, 3.05) is 0 Å².